The number of quaternary nitrogens is 1. The van der Waals surface area contributed by atoms with Crippen molar-refractivity contribution < 1.29 is 37.3 Å². The highest BCUT2D eigenvalue weighted by atomic mass is 31.2. The minimum absolute atomic E-state index is 0.0284. The summed E-state index contributed by atoms with van der Waals surface area (Å²) in [7, 11) is 1.17. The first-order valence-corrected chi connectivity index (χ1v) is 37.7. The van der Waals surface area contributed by atoms with Gasteiger partial charge in [-0.3, -0.25) is 14.2 Å². The number of nitrogens with zero attached hydrogens (tertiary/aromatic N) is 1. The van der Waals surface area contributed by atoms with Crippen LogP contribution in [0.5, 0.6) is 0 Å². The summed E-state index contributed by atoms with van der Waals surface area (Å²) in [6.07, 6.45) is 90.6. The van der Waals surface area contributed by atoms with E-state index in [-0.39, 0.29) is 24.9 Å². The predicted molar refractivity (Wildman–Crippen MR) is 376 cm³/mol. The van der Waals surface area contributed by atoms with Crippen LogP contribution in [0.4, 0.5) is 0 Å². The van der Waals surface area contributed by atoms with Crippen molar-refractivity contribution in [1.29, 1.82) is 0 Å². The summed E-state index contributed by atoms with van der Waals surface area (Å²) in [6.45, 7) is 6.72. The number of carbonyl (C=O) groups excluding carboxylic acids is 2. The highest BCUT2D eigenvalue weighted by molar-refractivity contribution is 7.45. The number of likely N-dealkylation sites (N-methyl/N-ethyl adjacent to an activating group) is 1. The van der Waals surface area contributed by atoms with E-state index in [9.17, 15) is 19.0 Å². The van der Waals surface area contributed by atoms with Gasteiger partial charge in [0.15, 0.2) is 0 Å². The third kappa shape index (κ3) is 66.9. The Labute approximate surface area is 538 Å². The standard InChI is InChI=1S/C77H137N2O7P/c1-7-10-13-16-19-22-25-28-30-32-34-36-37-38-39-40-41-43-44-46-48-51-54-57-60-63-66-69-76(80)78-74(73-85-87(82,83)84-72-71-79(4,5)6)75(68-65-62-59-56-53-50-27-24-21-18-15-12-9-3)86-77(81)70-67-64-61-58-55-52-49-47-45-42-35-33-31-29-26-23-20-17-14-11-8-2/h10,13,19-20,22-23,28-31,34-36,38-39,42,65,68,74-75H,7-9,11-12,14-18,21,24-27,32-33,37,40-41,43-64,66-67,69-73H2,1-6H3,(H-,78,80,82,83)/b13-10-,22-19-,23-20-,30-28-,31-29-,36-34-,39-38-,42-35-,68-65-. The normalized spacial score (nSPS) is 14.1. The zero-order valence-electron chi connectivity index (χ0n) is 57.4. The fraction of sp³-hybridized carbons (Fsp3) is 0.740. The van der Waals surface area contributed by atoms with Crippen molar-refractivity contribution in [3.63, 3.8) is 0 Å². The van der Waals surface area contributed by atoms with Crippen molar-refractivity contribution in [2.45, 2.75) is 328 Å². The second kappa shape index (κ2) is 65.6. The Kier molecular flexibility index (Phi) is 63.1. The van der Waals surface area contributed by atoms with Crippen LogP contribution in [0.1, 0.15) is 316 Å². The smallest absolute Gasteiger partial charge is 0.306 e. The van der Waals surface area contributed by atoms with E-state index in [1.807, 2.05) is 33.3 Å². The molecule has 0 bridgehead atoms. The number of ether oxygens (including phenoxy) is 1. The molecule has 0 saturated heterocycles. The van der Waals surface area contributed by atoms with E-state index in [4.69, 9.17) is 13.8 Å². The maximum Gasteiger partial charge on any atom is 0.306 e. The van der Waals surface area contributed by atoms with Gasteiger partial charge in [-0.2, -0.15) is 0 Å². The number of rotatable bonds is 65. The van der Waals surface area contributed by atoms with E-state index >= 15 is 0 Å². The molecule has 87 heavy (non-hydrogen) atoms. The molecule has 0 spiro atoms. The molecule has 1 N–H and O–H groups in total. The molecule has 0 aromatic rings. The highest BCUT2D eigenvalue weighted by Gasteiger charge is 2.27. The van der Waals surface area contributed by atoms with E-state index in [0.29, 0.717) is 17.4 Å². The molecular formula is C77H137N2O7P. The van der Waals surface area contributed by atoms with Crippen LogP contribution in [0, 0.1) is 0 Å². The van der Waals surface area contributed by atoms with Crippen molar-refractivity contribution >= 4 is 19.7 Å². The van der Waals surface area contributed by atoms with Crippen molar-refractivity contribution in [1.82, 2.24) is 5.32 Å². The molecular weight excluding hydrogens is 1100 g/mol. The van der Waals surface area contributed by atoms with Crippen LogP contribution in [0.15, 0.2) is 109 Å². The van der Waals surface area contributed by atoms with Gasteiger partial charge in [-0.25, -0.2) is 0 Å². The van der Waals surface area contributed by atoms with Crippen molar-refractivity contribution in [2.75, 3.05) is 40.9 Å². The number of esters is 1. The molecule has 0 heterocycles. The lowest BCUT2D eigenvalue weighted by atomic mass is 10.0. The third-order valence-corrected chi connectivity index (χ3v) is 16.7. The molecule has 502 valence electrons. The number of allylic oxidation sites excluding steroid dienone is 17. The fourth-order valence-electron chi connectivity index (χ4n) is 10.1. The van der Waals surface area contributed by atoms with Crippen LogP contribution in [0.3, 0.4) is 0 Å². The molecule has 0 aliphatic carbocycles. The number of nitrogens with one attached hydrogen (secondary N) is 1. The van der Waals surface area contributed by atoms with Gasteiger partial charge in [-0.05, 0) is 115 Å². The molecule has 3 unspecified atom stereocenters. The summed E-state index contributed by atoms with van der Waals surface area (Å²) >= 11 is 0. The van der Waals surface area contributed by atoms with E-state index < -0.39 is 26.6 Å². The number of carbonyl (C=O) groups is 2. The van der Waals surface area contributed by atoms with Gasteiger partial charge >= 0.3 is 5.97 Å². The van der Waals surface area contributed by atoms with Gasteiger partial charge in [0, 0.05) is 12.8 Å². The van der Waals surface area contributed by atoms with E-state index in [2.05, 4.69) is 123 Å². The quantitative estimate of drug-likeness (QED) is 0.0212. The molecule has 0 aliphatic heterocycles. The fourth-order valence-corrected chi connectivity index (χ4v) is 10.9. The summed E-state index contributed by atoms with van der Waals surface area (Å²) in [6, 6.07) is -0.901. The van der Waals surface area contributed by atoms with Crippen LogP contribution in [-0.2, 0) is 27.9 Å². The van der Waals surface area contributed by atoms with Crippen LogP contribution < -0.4 is 10.2 Å². The topological polar surface area (TPSA) is 114 Å². The van der Waals surface area contributed by atoms with Crippen LogP contribution in [0.25, 0.3) is 0 Å². The lowest BCUT2D eigenvalue weighted by Gasteiger charge is -2.30. The summed E-state index contributed by atoms with van der Waals surface area (Å²) in [5, 5.41) is 3.04. The van der Waals surface area contributed by atoms with Crippen molar-refractivity contribution in [3.05, 3.63) is 109 Å². The number of amides is 1. The highest BCUT2D eigenvalue weighted by Crippen LogP contribution is 2.38. The number of unbranched alkanes of at least 4 members (excludes halogenated alkanes) is 33. The second-order valence-corrected chi connectivity index (χ2v) is 26.8. The Morgan fingerprint density at radius 1 is 0.414 bits per heavy atom. The third-order valence-electron chi connectivity index (χ3n) is 15.7. The van der Waals surface area contributed by atoms with Gasteiger partial charge in [0.05, 0.1) is 33.8 Å². The largest absolute Gasteiger partial charge is 0.756 e. The van der Waals surface area contributed by atoms with Gasteiger partial charge in [0.25, 0.3) is 7.82 Å². The number of hydrogen-bond donors (Lipinski definition) is 1. The number of phosphoric ester groups is 1. The summed E-state index contributed by atoms with van der Waals surface area (Å²) in [5.41, 5.74) is 0. The van der Waals surface area contributed by atoms with Gasteiger partial charge in [0.2, 0.25) is 5.91 Å². The van der Waals surface area contributed by atoms with Gasteiger partial charge in [0.1, 0.15) is 19.3 Å². The van der Waals surface area contributed by atoms with E-state index in [1.165, 1.54) is 154 Å². The van der Waals surface area contributed by atoms with Crippen LogP contribution >= 0.6 is 7.82 Å². The Morgan fingerprint density at radius 2 is 0.736 bits per heavy atom. The van der Waals surface area contributed by atoms with Crippen LogP contribution in [-0.4, -0.2) is 69.4 Å². The first-order valence-electron chi connectivity index (χ1n) is 36.2. The van der Waals surface area contributed by atoms with Crippen LogP contribution in [0.2, 0.25) is 0 Å². The first-order chi connectivity index (χ1) is 42.4. The minimum atomic E-state index is -4.71. The lowest BCUT2D eigenvalue weighted by Crippen LogP contribution is -2.47. The molecule has 0 radical (unpaired) electrons. The lowest BCUT2D eigenvalue weighted by molar-refractivity contribution is -0.870. The zero-order valence-corrected chi connectivity index (χ0v) is 58.3. The molecule has 0 aromatic heterocycles. The molecule has 0 aromatic carbocycles. The predicted octanol–water partition coefficient (Wildman–Crippen LogP) is 22.6. The van der Waals surface area contributed by atoms with Crippen molar-refractivity contribution in [2.24, 2.45) is 0 Å². The summed E-state index contributed by atoms with van der Waals surface area (Å²) < 4.78 is 30.5. The SMILES string of the molecule is CC/C=C\C/C=C\C/C=C\C/C=C\C/C=C\CCCCCCCCCCCCCC(=O)NC(COP(=O)([O-])OCC[N+](C)(C)C)C(/C=C\CCCCCCCCCCCCC)OC(=O)CCCCCCCCCC/C=C\C/C=C\C/C=C\CCCCC. The summed E-state index contributed by atoms with van der Waals surface area (Å²) in [5.74, 6) is -0.550. The van der Waals surface area contributed by atoms with Crippen molar-refractivity contribution in [3.8, 4) is 0 Å². The molecule has 0 fully saturated rings. The Hall–Kier alpha value is -3.33. The molecule has 0 rings (SSSR count). The number of hydrogen-bond acceptors (Lipinski definition) is 7. The number of phosphoric acid groups is 1. The molecule has 0 aliphatic rings. The Bertz CT molecular complexity index is 1860. The van der Waals surface area contributed by atoms with Gasteiger partial charge in [-0.15, -0.1) is 0 Å². The maximum absolute atomic E-state index is 13.6. The minimum Gasteiger partial charge on any atom is -0.756 e. The van der Waals surface area contributed by atoms with E-state index in [0.717, 1.165) is 128 Å². The zero-order chi connectivity index (χ0) is 63.5. The average molecular weight is 1230 g/mol. The Morgan fingerprint density at radius 3 is 1.13 bits per heavy atom. The Balaban J connectivity index is 5.10. The first kappa shape index (κ1) is 83.7. The second-order valence-electron chi connectivity index (χ2n) is 25.4. The van der Waals surface area contributed by atoms with E-state index in [1.54, 1.807) is 0 Å². The molecule has 10 heteroatoms. The molecule has 0 saturated carbocycles. The molecule has 9 nitrogen and oxygen atoms in total. The maximum atomic E-state index is 13.6. The monoisotopic (exact) mass is 1230 g/mol. The summed E-state index contributed by atoms with van der Waals surface area (Å²) in [4.78, 5) is 40.2. The molecule has 1 amide bonds. The average Bonchev–Trinajstić information content (AvgIpc) is 3.69. The van der Waals surface area contributed by atoms with Gasteiger partial charge < -0.3 is 28.5 Å². The molecule has 3 atom stereocenters. The van der Waals surface area contributed by atoms with Gasteiger partial charge in [-0.1, -0.05) is 297 Å².